The molecule has 5 nitrogen and oxygen atoms in total. The summed E-state index contributed by atoms with van der Waals surface area (Å²) in [5.41, 5.74) is 0. The zero-order valence-electron chi connectivity index (χ0n) is 11.2. The molecule has 0 aromatic carbocycles. The highest BCUT2D eigenvalue weighted by molar-refractivity contribution is 14.1. The number of rotatable bonds is 6. The van der Waals surface area contributed by atoms with Crippen molar-refractivity contribution in [2.24, 2.45) is 0 Å². The molecule has 0 aliphatic heterocycles. The number of nitrogens with zero attached hydrogens (tertiary/aromatic N) is 4. The molecule has 2 aromatic rings. The van der Waals surface area contributed by atoms with E-state index in [9.17, 15) is 0 Å². The third kappa shape index (κ3) is 3.89. The Kier molecular flexibility index (Phi) is 5.12. The number of aromatic nitrogens is 4. The highest BCUT2D eigenvalue weighted by Crippen LogP contribution is 2.13. The van der Waals surface area contributed by atoms with Crippen LogP contribution in [-0.4, -0.2) is 26.3 Å². The smallest absolute Gasteiger partial charge is 0.159 e. The average Bonchev–Trinajstić information content (AvgIpc) is 2.83. The van der Waals surface area contributed by atoms with Gasteiger partial charge in [-0.05, 0) is 35.4 Å². The first kappa shape index (κ1) is 14.2. The summed E-state index contributed by atoms with van der Waals surface area (Å²) in [7, 11) is 0. The maximum absolute atomic E-state index is 4.56. The van der Waals surface area contributed by atoms with Crippen molar-refractivity contribution in [1.29, 1.82) is 0 Å². The maximum Gasteiger partial charge on any atom is 0.159 e. The molecular formula is C13H18IN5. The topological polar surface area (TPSA) is 55.6 Å². The molecule has 1 N–H and O–H groups in total. The number of halogens is 1. The second kappa shape index (κ2) is 6.83. The molecule has 0 aliphatic rings. The first-order valence-corrected chi connectivity index (χ1v) is 7.63. The molecule has 102 valence electrons. The van der Waals surface area contributed by atoms with Crippen LogP contribution in [0.3, 0.4) is 0 Å². The SMILES string of the molecule is CCCNc1cc(-n2cc(I)cn2)nc(CCC)n1. The van der Waals surface area contributed by atoms with E-state index in [0.29, 0.717) is 0 Å². The summed E-state index contributed by atoms with van der Waals surface area (Å²) in [6.45, 7) is 5.18. The Hall–Kier alpha value is -1.18. The largest absolute Gasteiger partial charge is 0.370 e. The van der Waals surface area contributed by atoms with Gasteiger partial charge < -0.3 is 5.32 Å². The quantitative estimate of drug-likeness (QED) is 0.794. The molecule has 2 rings (SSSR count). The van der Waals surface area contributed by atoms with E-state index in [0.717, 1.165) is 46.8 Å². The van der Waals surface area contributed by atoms with E-state index in [1.807, 2.05) is 18.5 Å². The lowest BCUT2D eigenvalue weighted by Gasteiger charge is -2.09. The third-order valence-corrected chi connectivity index (χ3v) is 3.13. The minimum atomic E-state index is 0.819. The lowest BCUT2D eigenvalue weighted by Crippen LogP contribution is -2.09. The van der Waals surface area contributed by atoms with Gasteiger partial charge in [-0.3, -0.25) is 0 Å². The van der Waals surface area contributed by atoms with Crippen LogP contribution in [0.15, 0.2) is 18.5 Å². The molecule has 0 amide bonds. The summed E-state index contributed by atoms with van der Waals surface area (Å²) in [6, 6.07) is 1.94. The van der Waals surface area contributed by atoms with E-state index in [1.165, 1.54) is 0 Å². The average molecular weight is 371 g/mol. The summed E-state index contributed by atoms with van der Waals surface area (Å²) in [5.74, 6) is 2.56. The number of hydrogen-bond acceptors (Lipinski definition) is 4. The Labute approximate surface area is 127 Å². The van der Waals surface area contributed by atoms with Gasteiger partial charge in [-0.15, -0.1) is 0 Å². The predicted octanol–water partition coefficient (Wildman–Crippen LogP) is 3.04. The standard InChI is InChI=1S/C13H18IN5/c1-3-5-11-17-12(15-6-4-2)7-13(18-11)19-9-10(14)8-16-19/h7-9H,3-6H2,1-2H3,(H,15,17,18). The first-order valence-electron chi connectivity index (χ1n) is 6.55. The zero-order valence-corrected chi connectivity index (χ0v) is 13.4. The molecule has 0 saturated carbocycles. The summed E-state index contributed by atoms with van der Waals surface area (Å²) >= 11 is 2.24. The molecule has 0 atom stereocenters. The van der Waals surface area contributed by atoms with Crippen LogP contribution in [0.5, 0.6) is 0 Å². The second-order valence-corrected chi connectivity index (χ2v) is 5.55. The van der Waals surface area contributed by atoms with Crippen LogP contribution in [-0.2, 0) is 6.42 Å². The number of hydrogen-bond donors (Lipinski definition) is 1. The summed E-state index contributed by atoms with van der Waals surface area (Å²) in [4.78, 5) is 9.09. The van der Waals surface area contributed by atoms with E-state index in [-0.39, 0.29) is 0 Å². The van der Waals surface area contributed by atoms with Crippen molar-refractivity contribution in [3.05, 3.63) is 27.9 Å². The van der Waals surface area contributed by atoms with Crippen molar-refractivity contribution < 1.29 is 0 Å². The van der Waals surface area contributed by atoms with Crippen LogP contribution < -0.4 is 5.32 Å². The summed E-state index contributed by atoms with van der Waals surface area (Å²) in [6.07, 6.45) is 6.77. The van der Waals surface area contributed by atoms with Gasteiger partial charge in [0, 0.05) is 25.2 Å². The molecular weight excluding hydrogens is 353 g/mol. The fourth-order valence-electron chi connectivity index (χ4n) is 1.71. The number of aryl methyl sites for hydroxylation is 1. The van der Waals surface area contributed by atoms with Crippen molar-refractivity contribution in [1.82, 2.24) is 19.7 Å². The number of nitrogens with one attached hydrogen (secondary N) is 1. The van der Waals surface area contributed by atoms with Gasteiger partial charge in [0.1, 0.15) is 11.6 Å². The normalized spacial score (nSPS) is 10.7. The highest BCUT2D eigenvalue weighted by Gasteiger charge is 2.07. The Bertz CT molecular complexity index is 538. The fourth-order valence-corrected chi connectivity index (χ4v) is 2.09. The van der Waals surface area contributed by atoms with Gasteiger partial charge in [-0.2, -0.15) is 5.10 Å². The van der Waals surface area contributed by atoms with Gasteiger partial charge in [0.2, 0.25) is 0 Å². The van der Waals surface area contributed by atoms with Gasteiger partial charge in [0.05, 0.1) is 9.77 Å². The van der Waals surface area contributed by atoms with Crippen molar-refractivity contribution in [2.45, 2.75) is 33.1 Å². The molecule has 2 aromatic heterocycles. The Morgan fingerprint density at radius 2 is 2.11 bits per heavy atom. The Morgan fingerprint density at radius 3 is 2.74 bits per heavy atom. The lowest BCUT2D eigenvalue weighted by atomic mass is 10.3. The van der Waals surface area contributed by atoms with Crippen LogP contribution in [0.4, 0.5) is 5.82 Å². The van der Waals surface area contributed by atoms with Crippen LogP contribution in [0.1, 0.15) is 32.5 Å². The summed E-state index contributed by atoms with van der Waals surface area (Å²) in [5, 5.41) is 7.62. The molecule has 2 heterocycles. The minimum absolute atomic E-state index is 0.819. The fraction of sp³-hybridized carbons (Fsp3) is 0.462. The number of anilines is 1. The first-order chi connectivity index (χ1) is 9.22. The Balaban J connectivity index is 2.33. The van der Waals surface area contributed by atoms with E-state index in [4.69, 9.17) is 0 Å². The molecule has 0 fully saturated rings. The third-order valence-electron chi connectivity index (χ3n) is 2.57. The minimum Gasteiger partial charge on any atom is -0.370 e. The molecule has 0 radical (unpaired) electrons. The van der Waals surface area contributed by atoms with Crippen molar-refractivity contribution in [3.8, 4) is 5.82 Å². The van der Waals surface area contributed by atoms with Crippen molar-refractivity contribution in [3.63, 3.8) is 0 Å². The van der Waals surface area contributed by atoms with Gasteiger partial charge >= 0.3 is 0 Å². The van der Waals surface area contributed by atoms with Gasteiger partial charge in [-0.1, -0.05) is 13.8 Å². The highest BCUT2D eigenvalue weighted by atomic mass is 127. The molecule has 6 heteroatoms. The predicted molar refractivity (Wildman–Crippen MR) is 84.6 cm³/mol. The molecule has 0 aliphatic carbocycles. The van der Waals surface area contributed by atoms with Crippen LogP contribution in [0.25, 0.3) is 5.82 Å². The summed E-state index contributed by atoms with van der Waals surface area (Å²) < 4.78 is 2.89. The van der Waals surface area contributed by atoms with Crippen LogP contribution in [0, 0.1) is 3.57 Å². The van der Waals surface area contributed by atoms with Gasteiger partial charge in [0.15, 0.2) is 5.82 Å². The molecule has 19 heavy (non-hydrogen) atoms. The monoisotopic (exact) mass is 371 g/mol. The Morgan fingerprint density at radius 1 is 1.26 bits per heavy atom. The van der Waals surface area contributed by atoms with E-state index < -0.39 is 0 Å². The second-order valence-electron chi connectivity index (χ2n) is 4.31. The van der Waals surface area contributed by atoms with Crippen molar-refractivity contribution in [2.75, 3.05) is 11.9 Å². The zero-order chi connectivity index (χ0) is 13.7. The molecule has 0 bridgehead atoms. The van der Waals surface area contributed by atoms with Crippen LogP contribution in [0.2, 0.25) is 0 Å². The molecule has 0 unspecified atom stereocenters. The van der Waals surface area contributed by atoms with Crippen LogP contribution >= 0.6 is 22.6 Å². The van der Waals surface area contributed by atoms with E-state index in [2.05, 4.69) is 56.8 Å². The van der Waals surface area contributed by atoms with E-state index >= 15 is 0 Å². The van der Waals surface area contributed by atoms with Gasteiger partial charge in [0.25, 0.3) is 0 Å². The lowest BCUT2D eigenvalue weighted by molar-refractivity contribution is 0.784. The van der Waals surface area contributed by atoms with E-state index in [1.54, 1.807) is 4.68 Å². The molecule has 0 saturated heterocycles. The maximum atomic E-state index is 4.56. The molecule has 0 spiro atoms. The van der Waals surface area contributed by atoms with Gasteiger partial charge in [-0.25, -0.2) is 14.6 Å². The van der Waals surface area contributed by atoms with Crippen molar-refractivity contribution >= 4 is 28.4 Å².